The number of benzene rings is 1. The number of aryl methyl sites for hydroxylation is 1. The van der Waals surface area contributed by atoms with Gasteiger partial charge in [-0.2, -0.15) is 5.10 Å². The Hall–Kier alpha value is -1.82. The number of aromatic amines is 1. The van der Waals surface area contributed by atoms with Gasteiger partial charge in [-0.25, -0.2) is 0 Å². The quantitative estimate of drug-likeness (QED) is 0.803. The first-order valence-corrected chi connectivity index (χ1v) is 8.17. The van der Waals surface area contributed by atoms with Crippen molar-refractivity contribution in [1.29, 1.82) is 0 Å². The van der Waals surface area contributed by atoms with E-state index < -0.39 is 0 Å². The molecule has 1 aliphatic rings. The lowest BCUT2D eigenvalue weighted by molar-refractivity contribution is 0.0242. The Bertz CT molecular complexity index is 819. The molecule has 1 N–H and O–H groups in total. The summed E-state index contributed by atoms with van der Waals surface area (Å²) in [6.45, 7) is 3.37. The molecule has 1 fully saturated rings. The highest BCUT2D eigenvalue weighted by Gasteiger charge is 2.27. The number of H-pyrrole nitrogens is 1. The normalized spacial score (nSPS) is 17.7. The Morgan fingerprint density at radius 3 is 2.87 bits per heavy atom. The summed E-state index contributed by atoms with van der Waals surface area (Å²) in [6, 6.07) is 6.18. The first-order chi connectivity index (χ1) is 11.2. The summed E-state index contributed by atoms with van der Waals surface area (Å²) >= 11 is 6.12. The first-order valence-electron chi connectivity index (χ1n) is 7.79. The molecule has 3 aromatic rings. The fraction of sp³-hybridized carbons (Fsp3) is 0.353. The summed E-state index contributed by atoms with van der Waals surface area (Å²) in [5.74, 6) is 0. The molecule has 23 heavy (non-hydrogen) atoms. The van der Waals surface area contributed by atoms with Gasteiger partial charge in [-0.3, -0.25) is 9.58 Å². The van der Waals surface area contributed by atoms with Crippen molar-refractivity contribution in [2.45, 2.75) is 6.04 Å². The molecule has 6 heteroatoms. The molecule has 1 atom stereocenters. The fourth-order valence-corrected chi connectivity index (χ4v) is 3.52. The van der Waals surface area contributed by atoms with Gasteiger partial charge in [0.15, 0.2) is 0 Å². The van der Waals surface area contributed by atoms with Gasteiger partial charge in [0, 0.05) is 54.0 Å². The van der Waals surface area contributed by atoms with Crippen molar-refractivity contribution >= 4 is 22.5 Å². The molecule has 2 aromatic heterocycles. The minimum atomic E-state index is 0.169. The lowest BCUT2D eigenvalue weighted by atomic mass is 9.98. The molecule has 120 valence electrons. The second kappa shape index (κ2) is 6.00. The molecule has 1 aromatic carbocycles. The molecule has 1 saturated heterocycles. The van der Waals surface area contributed by atoms with Crippen LogP contribution < -0.4 is 0 Å². The predicted octanol–water partition coefficient (Wildman–Crippen LogP) is 2.98. The summed E-state index contributed by atoms with van der Waals surface area (Å²) in [6.07, 6.45) is 6.14. The van der Waals surface area contributed by atoms with Crippen LogP contribution in [0.5, 0.6) is 0 Å². The van der Waals surface area contributed by atoms with Gasteiger partial charge in [-0.1, -0.05) is 17.7 Å². The maximum atomic E-state index is 6.12. The Labute approximate surface area is 139 Å². The topological polar surface area (TPSA) is 46.1 Å². The van der Waals surface area contributed by atoms with Gasteiger partial charge < -0.3 is 9.72 Å². The van der Waals surface area contributed by atoms with Crippen molar-refractivity contribution in [1.82, 2.24) is 19.7 Å². The molecule has 5 nitrogen and oxygen atoms in total. The summed E-state index contributed by atoms with van der Waals surface area (Å²) < 4.78 is 7.38. The molecule has 0 saturated carbocycles. The maximum absolute atomic E-state index is 6.12. The van der Waals surface area contributed by atoms with E-state index in [2.05, 4.69) is 33.4 Å². The number of aromatic nitrogens is 3. The van der Waals surface area contributed by atoms with Crippen LogP contribution in [0.3, 0.4) is 0 Å². The van der Waals surface area contributed by atoms with Gasteiger partial charge in [0.1, 0.15) is 0 Å². The van der Waals surface area contributed by atoms with E-state index in [4.69, 9.17) is 16.3 Å². The zero-order chi connectivity index (χ0) is 15.8. The van der Waals surface area contributed by atoms with Crippen molar-refractivity contribution in [3.05, 3.63) is 52.9 Å². The van der Waals surface area contributed by atoms with Crippen molar-refractivity contribution in [2.24, 2.45) is 7.05 Å². The largest absolute Gasteiger partial charge is 0.379 e. The van der Waals surface area contributed by atoms with Crippen molar-refractivity contribution < 1.29 is 4.74 Å². The average molecular weight is 331 g/mol. The van der Waals surface area contributed by atoms with E-state index in [1.165, 1.54) is 16.5 Å². The first kappa shape index (κ1) is 14.8. The number of rotatable bonds is 3. The zero-order valence-electron chi connectivity index (χ0n) is 13.0. The molecule has 0 bridgehead atoms. The molecule has 0 radical (unpaired) electrons. The molecule has 1 aliphatic heterocycles. The lowest BCUT2D eigenvalue weighted by Crippen LogP contribution is -2.39. The van der Waals surface area contributed by atoms with Crippen LogP contribution in [0.2, 0.25) is 5.02 Å². The van der Waals surface area contributed by atoms with Gasteiger partial charge in [0.25, 0.3) is 0 Å². The summed E-state index contributed by atoms with van der Waals surface area (Å²) in [7, 11) is 1.95. The Morgan fingerprint density at radius 2 is 2.13 bits per heavy atom. The molecule has 1 unspecified atom stereocenters. The zero-order valence-corrected chi connectivity index (χ0v) is 13.8. The molecule has 4 rings (SSSR count). The number of nitrogens with one attached hydrogen (secondary N) is 1. The molecular formula is C17H19ClN4O. The van der Waals surface area contributed by atoms with Crippen LogP contribution in [0.4, 0.5) is 0 Å². The van der Waals surface area contributed by atoms with Crippen LogP contribution >= 0.6 is 11.6 Å². The molecule has 0 spiro atoms. The van der Waals surface area contributed by atoms with E-state index in [1.54, 1.807) is 0 Å². The average Bonchev–Trinajstić information content (AvgIpc) is 3.16. The number of nitrogens with zero attached hydrogens (tertiary/aromatic N) is 3. The summed E-state index contributed by atoms with van der Waals surface area (Å²) in [5, 5.41) is 6.31. The third kappa shape index (κ3) is 2.76. The van der Waals surface area contributed by atoms with Crippen molar-refractivity contribution in [3.8, 4) is 0 Å². The highest BCUT2D eigenvalue weighted by atomic mass is 35.5. The number of hydrogen-bond acceptors (Lipinski definition) is 3. The maximum Gasteiger partial charge on any atom is 0.0655 e. The minimum Gasteiger partial charge on any atom is -0.379 e. The van der Waals surface area contributed by atoms with Gasteiger partial charge in [-0.05, 0) is 17.7 Å². The number of fused-ring (bicyclic) bond motifs is 1. The lowest BCUT2D eigenvalue weighted by Gasteiger charge is -2.34. The summed E-state index contributed by atoms with van der Waals surface area (Å²) in [4.78, 5) is 5.81. The van der Waals surface area contributed by atoms with Crippen molar-refractivity contribution in [3.63, 3.8) is 0 Å². The van der Waals surface area contributed by atoms with Crippen LogP contribution in [-0.4, -0.2) is 46.0 Å². The number of hydrogen-bond donors (Lipinski definition) is 1. The van der Waals surface area contributed by atoms with E-state index in [-0.39, 0.29) is 6.04 Å². The van der Waals surface area contributed by atoms with E-state index >= 15 is 0 Å². The van der Waals surface area contributed by atoms with E-state index in [1.807, 2.05) is 30.1 Å². The van der Waals surface area contributed by atoms with Gasteiger partial charge in [0.2, 0.25) is 0 Å². The predicted molar refractivity (Wildman–Crippen MR) is 90.8 cm³/mol. The standard InChI is InChI=1S/C17H19ClN4O/c1-21-11-12(9-20-21)17(22-4-6-23-7-5-22)15-10-19-16-8-13(18)2-3-14(15)16/h2-3,8-11,17,19H,4-7H2,1H3. The molecular weight excluding hydrogens is 312 g/mol. The van der Waals surface area contributed by atoms with E-state index in [0.717, 1.165) is 36.8 Å². The SMILES string of the molecule is Cn1cc(C(c2c[nH]c3cc(Cl)ccc23)N2CCOCC2)cn1. The molecule has 0 aliphatic carbocycles. The van der Waals surface area contributed by atoms with Gasteiger partial charge in [0.05, 0.1) is 25.5 Å². The number of morpholine rings is 1. The Morgan fingerprint density at radius 1 is 1.30 bits per heavy atom. The van der Waals surface area contributed by atoms with Crippen LogP contribution in [0.15, 0.2) is 36.8 Å². The van der Waals surface area contributed by atoms with Crippen LogP contribution in [0, 0.1) is 0 Å². The highest BCUT2D eigenvalue weighted by Crippen LogP contribution is 2.34. The second-order valence-corrected chi connectivity index (χ2v) is 6.37. The Balaban J connectivity index is 1.82. The van der Waals surface area contributed by atoms with Crippen LogP contribution in [0.25, 0.3) is 10.9 Å². The van der Waals surface area contributed by atoms with Gasteiger partial charge in [-0.15, -0.1) is 0 Å². The minimum absolute atomic E-state index is 0.169. The van der Waals surface area contributed by atoms with Crippen molar-refractivity contribution in [2.75, 3.05) is 26.3 Å². The third-order valence-corrected chi connectivity index (χ3v) is 4.66. The van der Waals surface area contributed by atoms with Crippen LogP contribution in [0.1, 0.15) is 17.2 Å². The monoisotopic (exact) mass is 330 g/mol. The Kier molecular flexibility index (Phi) is 3.85. The second-order valence-electron chi connectivity index (χ2n) is 5.93. The number of ether oxygens (including phenoxy) is 1. The van der Waals surface area contributed by atoms with Crippen LogP contribution in [-0.2, 0) is 11.8 Å². The highest BCUT2D eigenvalue weighted by molar-refractivity contribution is 6.31. The smallest absolute Gasteiger partial charge is 0.0655 e. The van der Waals surface area contributed by atoms with Gasteiger partial charge >= 0.3 is 0 Å². The molecule has 0 amide bonds. The van der Waals surface area contributed by atoms with E-state index in [9.17, 15) is 0 Å². The number of halogens is 1. The molecule has 3 heterocycles. The fourth-order valence-electron chi connectivity index (χ4n) is 3.35. The van der Waals surface area contributed by atoms with E-state index in [0.29, 0.717) is 0 Å². The third-order valence-electron chi connectivity index (χ3n) is 4.42. The summed E-state index contributed by atoms with van der Waals surface area (Å²) in [5.41, 5.74) is 3.52.